The first-order valence-corrected chi connectivity index (χ1v) is 9.36. The molecule has 1 aromatic carbocycles. The molecule has 0 spiro atoms. The molecule has 0 atom stereocenters. The number of ketones is 1. The van der Waals surface area contributed by atoms with Gasteiger partial charge >= 0.3 is 0 Å². The SMILES string of the molecule is CC(C)(C)NCCOc1ccc(NC(=O)c2c[nH]c3c2C(=O)CCC3)cc1. The van der Waals surface area contributed by atoms with E-state index in [1.807, 2.05) is 12.1 Å². The van der Waals surface area contributed by atoms with Gasteiger partial charge in [-0.05, 0) is 57.9 Å². The quantitative estimate of drug-likeness (QED) is 0.680. The average Bonchev–Trinajstić information content (AvgIpc) is 3.05. The van der Waals surface area contributed by atoms with Gasteiger partial charge < -0.3 is 20.4 Å². The molecule has 1 aliphatic carbocycles. The molecular formula is C21H27N3O3. The van der Waals surface area contributed by atoms with E-state index in [4.69, 9.17) is 4.74 Å². The minimum atomic E-state index is -0.272. The fourth-order valence-corrected chi connectivity index (χ4v) is 3.14. The van der Waals surface area contributed by atoms with Crippen LogP contribution in [-0.2, 0) is 6.42 Å². The van der Waals surface area contributed by atoms with Crippen molar-refractivity contribution >= 4 is 17.4 Å². The molecule has 3 N–H and O–H groups in total. The Morgan fingerprint density at radius 1 is 1.19 bits per heavy atom. The highest BCUT2D eigenvalue weighted by atomic mass is 16.5. The Bertz CT molecular complexity index is 816. The van der Waals surface area contributed by atoms with Gasteiger partial charge in [0.25, 0.3) is 5.91 Å². The first-order chi connectivity index (χ1) is 12.8. The van der Waals surface area contributed by atoms with Gasteiger partial charge in [-0.1, -0.05) is 0 Å². The summed E-state index contributed by atoms with van der Waals surface area (Å²) in [6.45, 7) is 7.66. The monoisotopic (exact) mass is 369 g/mol. The van der Waals surface area contributed by atoms with Gasteiger partial charge in [-0.2, -0.15) is 0 Å². The maximum Gasteiger partial charge on any atom is 0.257 e. The highest BCUT2D eigenvalue weighted by Gasteiger charge is 2.25. The number of benzene rings is 1. The van der Waals surface area contributed by atoms with Crippen molar-refractivity contribution in [2.75, 3.05) is 18.5 Å². The number of ether oxygens (including phenoxy) is 1. The van der Waals surface area contributed by atoms with Crippen LogP contribution in [0.15, 0.2) is 30.5 Å². The van der Waals surface area contributed by atoms with Gasteiger partial charge in [0.1, 0.15) is 12.4 Å². The fraction of sp³-hybridized carbons (Fsp3) is 0.429. The molecule has 6 nitrogen and oxygen atoms in total. The zero-order chi connectivity index (χ0) is 19.4. The number of hydrogen-bond acceptors (Lipinski definition) is 4. The number of aromatic amines is 1. The molecule has 1 heterocycles. The molecule has 0 radical (unpaired) electrons. The maximum atomic E-state index is 12.6. The molecule has 3 rings (SSSR count). The molecule has 0 aliphatic heterocycles. The number of nitrogens with one attached hydrogen (secondary N) is 3. The van der Waals surface area contributed by atoms with E-state index in [0.717, 1.165) is 30.8 Å². The van der Waals surface area contributed by atoms with Crippen LogP contribution in [0.5, 0.6) is 5.75 Å². The number of Topliss-reactive ketones (excluding diaryl/α,β-unsaturated/α-hetero) is 1. The van der Waals surface area contributed by atoms with E-state index >= 15 is 0 Å². The summed E-state index contributed by atoms with van der Waals surface area (Å²) in [5.41, 5.74) is 2.56. The summed E-state index contributed by atoms with van der Waals surface area (Å²) in [5, 5.41) is 6.21. The molecule has 1 amide bonds. The second-order valence-electron chi connectivity index (χ2n) is 7.84. The molecule has 0 saturated carbocycles. The largest absolute Gasteiger partial charge is 0.492 e. The van der Waals surface area contributed by atoms with E-state index in [0.29, 0.717) is 29.8 Å². The first kappa shape index (κ1) is 19.2. The molecule has 27 heavy (non-hydrogen) atoms. The lowest BCUT2D eigenvalue weighted by Crippen LogP contribution is -2.38. The third-order valence-corrected chi connectivity index (χ3v) is 4.45. The van der Waals surface area contributed by atoms with Crippen LogP contribution in [0.1, 0.15) is 60.0 Å². The van der Waals surface area contributed by atoms with Gasteiger partial charge in [0.05, 0.1) is 11.1 Å². The molecule has 1 aromatic heterocycles. The maximum absolute atomic E-state index is 12.6. The number of fused-ring (bicyclic) bond motifs is 1. The van der Waals surface area contributed by atoms with Gasteiger partial charge in [0.2, 0.25) is 0 Å². The number of carbonyl (C=O) groups is 2. The average molecular weight is 369 g/mol. The van der Waals surface area contributed by atoms with Gasteiger partial charge in [-0.3, -0.25) is 9.59 Å². The van der Waals surface area contributed by atoms with Crippen molar-refractivity contribution in [2.24, 2.45) is 0 Å². The fourth-order valence-electron chi connectivity index (χ4n) is 3.14. The predicted molar refractivity (Wildman–Crippen MR) is 106 cm³/mol. The summed E-state index contributed by atoms with van der Waals surface area (Å²) in [6, 6.07) is 7.24. The van der Waals surface area contributed by atoms with E-state index in [-0.39, 0.29) is 17.2 Å². The summed E-state index contributed by atoms with van der Waals surface area (Å²) in [7, 11) is 0. The molecule has 0 saturated heterocycles. The van der Waals surface area contributed by atoms with Crippen molar-refractivity contribution in [3.05, 3.63) is 47.3 Å². The van der Waals surface area contributed by atoms with Crippen LogP contribution < -0.4 is 15.4 Å². The topological polar surface area (TPSA) is 83.2 Å². The second kappa shape index (κ2) is 7.96. The van der Waals surface area contributed by atoms with E-state index < -0.39 is 0 Å². The third-order valence-electron chi connectivity index (χ3n) is 4.45. The lowest BCUT2D eigenvalue weighted by Gasteiger charge is -2.20. The number of aryl methyl sites for hydroxylation is 1. The number of anilines is 1. The highest BCUT2D eigenvalue weighted by Crippen LogP contribution is 2.25. The van der Waals surface area contributed by atoms with Crippen LogP contribution >= 0.6 is 0 Å². The van der Waals surface area contributed by atoms with E-state index in [2.05, 4.69) is 36.4 Å². The smallest absolute Gasteiger partial charge is 0.257 e. The Morgan fingerprint density at radius 3 is 2.63 bits per heavy atom. The third kappa shape index (κ3) is 4.98. The summed E-state index contributed by atoms with van der Waals surface area (Å²) in [4.78, 5) is 27.8. The molecular weight excluding hydrogens is 342 g/mol. The van der Waals surface area contributed by atoms with Crippen molar-refractivity contribution in [3.63, 3.8) is 0 Å². The Balaban J connectivity index is 1.56. The number of amides is 1. The van der Waals surface area contributed by atoms with Crippen LogP contribution in [-0.4, -0.2) is 35.4 Å². The van der Waals surface area contributed by atoms with Gasteiger partial charge in [0, 0.05) is 36.1 Å². The Morgan fingerprint density at radius 2 is 1.93 bits per heavy atom. The van der Waals surface area contributed by atoms with Crippen LogP contribution in [0.4, 0.5) is 5.69 Å². The summed E-state index contributed by atoms with van der Waals surface area (Å²) in [5.74, 6) is 0.513. The molecule has 1 aliphatic rings. The van der Waals surface area contributed by atoms with Crippen LogP contribution in [0.25, 0.3) is 0 Å². The number of rotatable bonds is 6. The normalized spacial score (nSPS) is 14.0. The van der Waals surface area contributed by atoms with E-state index in [1.165, 1.54) is 0 Å². The molecule has 2 aromatic rings. The molecule has 0 unspecified atom stereocenters. The van der Waals surface area contributed by atoms with Crippen LogP contribution in [0.2, 0.25) is 0 Å². The van der Waals surface area contributed by atoms with Crippen molar-refractivity contribution in [2.45, 2.75) is 45.6 Å². The van der Waals surface area contributed by atoms with Crippen molar-refractivity contribution < 1.29 is 14.3 Å². The van der Waals surface area contributed by atoms with Gasteiger partial charge in [0.15, 0.2) is 5.78 Å². The molecule has 0 fully saturated rings. The first-order valence-electron chi connectivity index (χ1n) is 9.36. The number of carbonyl (C=O) groups excluding carboxylic acids is 2. The Hall–Kier alpha value is -2.60. The van der Waals surface area contributed by atoms with Crippen molar-refractivity contribution in [1.29, 1.82) is 0 Å². The predicted octanol–water partition coefficient (Wildman–Crippen LogP) is 3.55. The van der Waals surface area contributed by atoms with Crippen LogP contribution in [0, 0.1) is 0 Å². The summed E-state index contributed by atoms with van der Waals surface area (Å²) >= 11 is 0. The van der Waals surface area contributed by atoms with E-state index in [1.54, 1.807) is 18.3 Å². The Labute approximate surface area is 159 Å². The number of aromatic nitrogens is 1. The zero-order valence-electron chi connectivity index (χ0n) is 16.1. The molecule has 6 heteroatoms. The van der Waals surface area contributed by atoms with Crippen molar-refractivity contribution in [1.82, 2.24) is 10.3 Å². The Kier molecular flexibility index (Phi) is 5.65. The lowest BCUT2D eigenvalue weighted by molar-refractivity contribution is 0.0956. The summed E-state index contributed by atoms with van der Waals surface area (Å²) in [6.07, 6.45) is 3.77. The standard InChI is InChI=1S/C21H27N3O3/c1-21(2,3)23-11-12-27-15-9-7-14(8-10-15)24-20(26)16-13-22-17-5-4-6-18(25)19(16)17/h7-10,13,22-23H,4-6,11-12H2,1-3H3,(H,24,26). The van der Waals surface area contributed by atoms with Gasteiger partial charge in [-0.25, -0.2) is 0 Å². The number of H-pyrrole nitrogens is 1. The number of hydrogen-bond donors (Lipinski definition) is 3. The van der Waals surface area contributed by atoms with Crippen molar-refractivity contribution in [3.8, 4) is 5.75 Å². The molecule has 144 valence electrons. The zero-order valence-corrected chi connectivity index (χ0v) is 16.1. The minimum absolute atomic E-state index is 0.0373. The second-order valence-corrected chi connectivity index (χ2v) is 7.84. The summed E-state index contributed by atoms with van der Waals surface area (Å²) < 4.78 is 5.70. The highest BCUT2D eigenvalue weighted by molar-refractivity contribution is 6.13. The minimum Gasteiger partial charge on any atom is -0.492 e. The van der Waals surface area contributed by atoms with Crippen LogP contribution in [0.3, 0.4) is 0 Å². The molecule has 0 bridgehead atoms. The van der Waals surface area contributed by atoms with Gasteiger partial charge in [-0.15, -0.1) is 0 Å². The van der Waals surface area contributed by atoms with E-state index in [9.17, 15) is 9.59 Å². The lowest BCUT2D eigenvalue weighted by atomic mass is 9.93.